The maximum Gasteiger partial charge on any atom is 0.356 e. The van der Waals surface area contributed by atoms with E-state index in [4.69, 9.17) is 4.74 Å². The molecule has 0 saturated heterocycles. The summed E-state index contributed by atoms with van der Waals surface area (Å²) >= 11 is 0. The van der Waals surface area contributed by atoms with Crippen molar-refractivity contribution in [2.24, 2.45) is 0 Å². The molecule has 0 atom stereocenters. The van der Waals surface area contributed by atoms with Crippen LogP contribution in [-0.2, 0) is 10.2 Å². The van der Waals surface area contributed by atoms with Gasteiger partial charge in [-0.2, -0.15) is 0 Å². The summed E-state index contributed by atoms with van der Waals surface area (Å²) in [5.41, 5.74) is 3.39. The SMILES string of the molecule is CCOC(=O)c1cnc2c(C(C)(C)C)ccc(C)n12. The molecule has 0 unspecified atom stereocenters. The summed E-state index contributed by atoms with van der Waals surface area (Å²) in [7, 11) is 0. The molecule has 0 aliphatic rings. The Labute approximate surface area is 113 Å². The first-order chi connectivity index (χ1) is 8.86. The highest BCUT2D eigenvalue weighted by molar-refractivity contribution is 5.88. The van der Waals surface area contributed by atoms with Crippen molar-refractivity contribution in [2.75, 3.05) is 6.61 Å². The van der Waals surface area contributed by atoms with E-state index in [1.54, 1.807) is 13.1 Å². The van der Waals surface area contributed by atoms with Crippen LogP contribution in [0.3, 0.4) is 0 Å². The lowest BCUT2D eigenvalue weighted by Gasteiger charge is -2.20. The van der Waals surface area contributed by atoms with E-state index in [1.807, 2.05) is 17.4 Å². The van der Waals surface area contributed by atoms with E-state index in [9.17, 15) is 4.79 Å². The maximum absolute atomic E-state index is 11.9. The summed E-state index contributed by atoms with van der Waals surface area (Å²) in [5.74, 6) is -0.329. The third kappa shape index (κ3) is 2.35. The molecule has 0 saturated carbocycles. The van der Waals surface area contributed by atoms with E-state index >= 15 is 0 Å². The number of nitrogens with zero attached hydrogens (tertiary/aromatic N) is 2. The molecule has 2 heterocycles. The molecular formula is C15H20N2O2. The Hall–Kier alpha value is -1.84. The third-order valence-corrected chi connectivity index (χ3v) is 3.14. The zero-order chi connectivity index (χ0) is 14.2. The van der Waals surface area contributed by atoms with Gasteiger partial charge < -0.3 is 4.74 Å². The van der Waals surface area contributed by atoms with Crippen LogP contribution in [0.4, 0.5) is 0 Å². The Bertz CT molecular complexity index is 621. The fourth-order valence-electron chi connectivity index (χ4n) is 2.19. The van der Waals surface area contributed by atoms with E-state index in [1.165, 1.54) is 0 Å². The molecule has 4 heteroatoms. The molecule has 2 rings (SSSR count). The van der Waals surface area contributed by atoms with E-state index in [-0.39, 0.29) is 11.4 Å². The van der Waals surface area contributed by atoms with Gasteiger partial charge in [0.1, 0.15) is 5.65 Å². The second kappa shape index (κ2) is 4.68. The van der Waals surface area contributed by atoms with Crippen LogP contribution < -0.4 is 0 Å². The van der Waals surface area contributed by atoms with Crippen molar-refractivity contribution in [3.8, 4) is 0 Å². The minimum absolute atomic E-state index is 0.0216. The minimum atomic E-state index is -0.329. The van der Waals surface area contributed by atoms with Crippen molar-refractivity contribution in [3.05, 3.63) is 35.3 Å². The summed E-state index contributed by atoms with van der Waals surface area (Å²) in [6.45, 7) is 10.5. The van der Waals surface area contributed by atoms with Gasteiger partial charge in [-0.1, -0.05) is 26.8 Å². The average molecular weight is 260 g/mol. The van der Waals surface area contributed by atoms with E-state index in [0.717, 1.165) is 16.9 Å². The molecule has 0 radical (unpaired) electrons. The van der Waals surface area contributed by atoms with Crippen molar-refractivity contribution in [1.82, 2.24) is 9.38 Å². The minimum Gasteiger partial charge on any atom is -0.461 e. The fraction of sp³-hybridized carbons (Fsp3) is 0.467. The van der Waals surface area contributed by atoms with Gasteiger partial charge in [-0.3, -0.25) is 4.40 Å². The van der Waals surface area contributed by atoms with Gasteiger partial charge in [0, 0.05) is 11.3 Å². The number of esters is 1. The largest absolute Gasteiger partial charge is 0.461 e. The molecule has 2 aromatic heterocycles. The molecule has 4 nitrogen and oxygen atoms in total. The molecule has 0 amide bonds. The van der Waals surface area contributed by atoms with Gasteiger partial charge in [0.15, 0.2) is 5.69 Å². The van der Waals surface area contributed by atoms with Crippen molar-refractivity contribution < 1.29 is 9.53 Å². The Kier molecular flexibility index (Phi) is 3.35. The Morgan fingerprint density at radius 2 is 2.05 bits per heavy atom. The predicted molar refractivity (Wildman–Crippen MR) is 74.6 cm³/mol. The standard InChI is InChI=1S/C15H20N2O2/c1-6-19-14(18)12-9-16-13-11(15(3,4)5)8-7-10(2)17(12)13/h7-9H,6H2,1-5H3. The maximum atomic E-state index is 11.9. The molecule has 102 valence electrons. The smallest absolute Gasteiger partial charge is 0.356 e. The monoisotopic (exact) mass is 260 g/mol. The summed E-state index contributed by atoms with van der Waals surface area (Å²) in [5, 5.41) is 0. The molecule has 0 aliphatic heterocycles. The number of imidazole rings is 1. The summed E-state index contributed by atoms with van der Waals surface area (Å²) in [6, 6.07) is 4.09. The van der Waals surface area contributed by atoms with Gasteiger partial charge in [0.05, 0.1) is 12.8 Å². The van der Waals surface area contributed by atoms with Crippen molar-refractivity contribution in [3.63, 3.8) is 0 Å². The first kappa shape index (κ1) is 13.6. The van der Waals surface area contributed by atoms with Crippen LogP contribution >= 0.6 is 0 Å². The number of pyridine rings is 1. The average Bonchev–Trinajstić information content (AvgIpc) is 2.73. The molecule has 2 aromatic rings. The number of carbonyl (C=O) groups excluding carboxylic acids is 1. The predicted octanol–water partition coefficient (Wildman–Crippen LogP) is 3.12. The highest BCUT2D eigenvalue weighted by Gasteiger charge is 2.22. The Morgan fingerprint density at radius 1 is 1.37 bits per heavy atom. The summed E-state index contributed by atoms with van der Waals surface area (Å²) < 4.78 is 6.95. The number of carbonyl (C=O) groups is 1. The number of aryl methyl sites for hydroxylation is 1. The van der Waals surface area contributed by atoms with Crippen molar-refractivity contribution in [2.45, 2.75) is 40.0 Å². The van der Waals surface area contributed by atoms with Crippen LogP contribution in [-0.4, -0.2) is 22.0 Å². The van der Waals surface area contributed by atoms with Crippen LogP contribution in [0.15, 0.2) is 18.3 Å². The molecule has 0 spiro atoms. The summed E-state index contributed by atoms with van der Waals surface area (Å²) in [4.78, 5) is 16.4. The van der Waals surface area contributed by atoms with E-state index < -0.39 is 0 Å². The topological polar surface area (TPSA) is 43.6 Å². The number of aromatic nitrogens is 2. The van der Waals surface area contributed by atoms with E-state index in [0.29, 0.717) is 12.3 Å². The van der Waals surface area contributed by atoms with Gasteiger partial charge >= 0.3 is 5.97 Å². The lowest BCUT2D eigenvalue weighted by molar-refractivity contribution is 0.0518. The lowest BCUT2D eigenvalue weighted by atomic mass is 9.87. The van der Waals surface area contributed by atoms with Crippen LogP contribution in [0, 0.1) is 6.92 Å². The first-order valence-electron chi connectivity index (χ1n) is 6.51. The second-order valence-corrected chi connectivity index (χ2v) is 5.66. The number of hydrogen-bond donors (Lipinski definition) is 0. The molecule has 0 bridgehead atoms. The first-order valence-corrected chi connectivity index (χ1v) is 6.51. The molecule has 0 aliphatic carbocycles. The molecule has 0 aromatic carbocycles. The zero-order valence-corrected chi connectivity index (χ0v) is 12.2. The lowest BCUT2D eigenvalue weighted by Crippen LogP contribution is -2.15. The molecule has 19 heavy (non-hydrogen) atoms. The van der Waals surface area contributed by atoms with Crippen LogP contribution in [0.1, 0.15) is 49.4 Å². The Balaban J connectivity index is 2.69. The normalized spacial score (nSPS) is 11.8. The van der Waals surface area contributed by atoms with Gasteiger partial charge in [0.2, 0.25) is 0 Å². The number of fused-ring (bicyclic) bond motifs is 1. The fourth-order valence-corrected chi connectivity index (χ4v) is 2.19. The second-order valence-electron chi connectivity index (χ2n) is 5.66. The van der Waals surface area contributed by atoms with Gasteiger partial charge in [-0.05, 0) is 25.3 Å². The van der Waals surface area contributed by atoms with Gasteiger partial charge in [-0.25, -0.2) is 9.78 Å². The third-order valence-electron chi connectivity index (χ3n) is 3.14. The highest BCUT2D eigenvalue weighted by atomic mass is 16.5. The van der Waals surface area contributed by atoms with E-state index in [2.05, 4.69) is 31.8 Å². The number of ether oxygens (including phenoxy) is 1. The van der Waals surface area contributed by atoms with Crippen LogP contribution in [0.2, 0.25) is 0 Å². The molecular weight excluding hydrogens is 240 g/mol. The van der Waals surface area contributed by atoms with Crippen molar-refractivity contribution >= 4 is 11.6 Å². The van der Waals surface area contributed by atoms with Gasteiger partial charge in [-0.15, -0.1) is 0 Å². The van der Waals surface area contributed by atoms with Gasteiger partial charge in [0.25, 0.3) is 0 Å². The molecule has 0 fully saturated rings. The van der Waals surface area contributed by atoms with Crippen molar-refractivity contribution in [1.29, 1.82) is 0 Å². The zero-order valence-electron chi connectivity index (χ0n) is 12.2. The Morgan fingerprint density at radius 3 is 2.63 bits per heavy atom. The summed E-state index contributed by atoms with van der Waals surface area (Å²) in [6.07, 6.45) is 1.59. The molecule has 0 N–H and O–H groups in total. The quantitative estimate of drug-likeness (QED) is 0.779. The van der Waals surface area contributed by atoms with Crippen LogP contribution in [0.25, 0.3) is 5.65 Å². The highest BCUT2D eigenvalue weighted by Crippen LogP contribution is 2.27. The van der Waals surface area contributed by atoms with Crippen LogP contribution in [0.5, 0.6) is 0 Å². The number of hydrogen-bond acceptors (Lipinski definition) is 3. The number of rotatable bonds is 2.